The first kappa shape index (κ1) is 18.3. The number of hydrogen-bond donors (Lipinski definition) is 0. The molecule has 134 valence electrons. The quantitative estimate of drug-likeness (QED) is 0.582. The zero-order valence-electron chi connectivity index (χ0n) is 14.0. The number of benzene rings is 2. The van der Waals surface area contributed by atoms with E-state index >= 15 is 0 Å². The van der Waals surface area contributed by atoms with Gasteiger partial charge in [0.15, 0.2) is 0 Å². The summed E-state index contributed by atoms with van der Waals surface area (Å²) in [4.78, 5) is 16.5. The molecule has 1 heterocycles. The van der Waals surface area contributed by atoms with E-state index in [-0.39, 0.29) is 5.02 Å². The Balaban J connectivity index is 2.03. The van der Waals surface area contributed by atoms with E-state index in [1.54, 1.807) is 36.5 Å². The number of methoxy groups -OCH3 is 2. The van der Waals surface area contributed by atoms with Crippen molar-refractivity contribution in [2.24, 2.45) is 0 Å². The second kappa shape index (κ2) is 7.81. The van der Waals surface area contributed by atoms with Crippen LogP contribution in [0, 0.1) is 0 Å². The highest BCUT2D eigenvalue weighted by Gasteiger charge is 2.27. The molecule has 3 rings (SSSR count). The molecule has 0 saturated carbocycles. The normalized spacial score (nSPS) is 11.8. The van der Waals surface area contributed by atoms with Crippen LogP contribution in [0.25, 0.3) is 10.8 Å². The van der Waals surface area contributed by atoms with E-state index in [1.807, 2.05) is 12.1 Å². The third-order valence-electron chi connectivity index (χ3n) is 3.83. The maximum atomic E-state index is 12.3. The molecule has 0 amide bonds. The number of aromatic nitrogens is 1. The lowest BCUT2D eigenvalue weighted by Crippen LogP contribution is -2.20. The third-order valence-corrected chi connectivity index (χ3v) is 4.66. The van der Waals surface area contributed by atoms with Crippen molar-refractivity contribution in [2.45, 2.75) is 6.10 Å². The Labute approximate surface area is 160 Å². The molecule has 0 bridgehead atoms. The van der Waals surface area contributed by atoms with Gasteiger partial charge in [-0.05, 0) is 29.7 Å². The fourth-order valence-corrected chi connectivity index (χ4v) is 2.97. The van der Waals surface area contributed by atoms with E-state index in [2.05, 4.69) is 4.98 Å². The number of ether oxygens (including phenoxy) is 3. The predicted octanol–water partition coefficient (Wildman–Crippen LogP) is 4.84. The Hall–Kier alpha value is -2.50. The van der Waals surface area contributed by atoms with Gasteiger partial charge in [0.05, 0.1) is 24.3 Å². The molecule has 1 unspecified atom stereocenters. The Morgan fingerprint density at radius 1 is 1.12 bits per heavy atom. The van der Waals surface area contributed by atoms with Crippen molar-refractivity contribution in [3.63, 3.8) is 0 Å². The topological polar surface area (TPSA) is 57.7 Å². The maximum Gasteiger partial charge on any atom is 0.351 e. The Morgan fingerprint density at radius 2 is 1.92 bits per heavy atom. The van der Waals surface area contributed by atoms with Gasteiger partial charge in [-0.3, -0.25) is 0 Å². The van der Waals surface area contributed by atoms with E-state index < -0.39 is 12.1 Å². The lowest BCUT2D eigenvalue weighted by Gasteiger charge is -2.19. The summed E-state index contributed by atoms with van der Waals surface area (Å²) in [5.41, 5.74) is 0.421. The van der Waals surface area contributed by atoms with Gasteiger partial charge >= 0.3 is 5.97 Å². The first-order valence-electron chi connectivity index (χ1n) is 7.66. The van der Waals surface area contributed by atoms with Crippen LogP contribution < -0.4 is 9.47 Å². The number of carbonyl (C=O) groups excluding carboxylic acids is 1. The Bertz CT molecular complexity index is 961. The van der Waals surface area contributed by atoms with E-state index in [0.29, 0.717) is 22.2 Å². The number of nitrogens with zero attached hydrogens (tertiary/aromatic N) is 1. The number of rotatable bonds is 5. The Kier molecular flexibility index (Phi) is 5.49. The summed E-state index contributed by atoms with van der Waals surface area (Å²) in [5.74, 6) is 0.311. The summed E-state index contributed by atoms with van der Waals surface area (Å²) in [5, 5.41) is 2.25. The van der Waals surface area contributed by atoms with Crippen LogP contribution in [0.1, 0.15) is 11.7 Å². The molecule has 5 nitrogen and oxygen atoms in total. The van der Waals surface area contributed by atoms with Crippen molar-refractivity contribution < 1.29 is 19.0 Å². The van der Waals surface area contributed by atoms with Crippen LogP contribution in [0.4, 0.5) is 0 Å². The Morgan fingerprint density at radius 3 is 2.65 bits per heavy atom. The minimum Gasteiger partial charge on any atom is -0.481 e. The van der Waals surface area contributed by atoms with Gasteiger partial charge in [-0.15, -0.1) is 0 Å². The summed E-state index contributed by atoms with van der Waals surface area (Å²) in [7, 11) is 2.82. The second-order valence-electron chi connectivity index (χ2n) is 5.37. The fourth-order valence-electron chi connectivity index (χ4n) is 2.56. The van der Waals surface area contributed by atoms with Crippen molar-refractivity contribution in [3.05, 3.63) is 64.3 Å². The molecule has 0 N–H and O–H groups in total. The van der Waals surface area contributed by atoms with Gasteiger partial charge < -0.3 is 14.2 Å². The van der Waals surface area contributed by atoms with E-state index in [4.69, 9.17) is 37.4 Å². The first-order chi connectivity index (χ1) is 12.5. The van der Waals surface area contributed by atoms with E-state index in [1.165, 1.54) is 14.2 Å². The van der Waals surface area contributed by atoms with Crippen molar-refractivity contribution in [1.29, 1.82) is 0 Å². The molecule has 7 heteroatoms. The lowest BCUT2D eigenvalue weighted by molar-refractivity contribution is -0.149. The fraction of sp³-hybridized carbons (Fsp3) is 0.158. The summed E-state index contributed by atoms with van der Waals surface area (Å²) in [6, 6.07) is 12.2. The van der Waals surface area contributed by atoms with Gasteiger partial charge in [-0.1, -0.05) is 41.4 Å². The first-order valence-corrected chi connectivity index (χ1v) is 8.42. The number of fused-ring (bicyclic) bond motifs is 1. The van der Waals surface area contributed by atoms with Crippen molar-refractivity contribution in [2.75, 3.05) is 14.2 Å². The molecule has 1 atom stereocenters. The SMILES string of the molecule is COC(=O)C(Oc1ccc2ccnc(OC)c2c1)c1cccc(Cl)c1Cl. The molecule has 0 saturated heterocycles. The monoisotopic (exact) mass is 391 g/mol. The number of halogens is 2. The van der Waals surface area contributed by atoms with Crippen molar-refractivity contribution >= 4 is 39.9 Å². The van der Waals surface area contributed by atoms with Crippen LogP contribution in [-0.2, 0) is 9.53 Å². The van der Waals surface area contributed by atoms with Gasteiger partial charge in [-0.2, -0.15) is 0 Å². The van der Waals surface area contributed by atoms with Crippen LogP contribution in [-0.4, -0.2) is 25.2 Å². The van der Waals surface area contributed by atoms with Gasteiger partial charge in [0.2, 0.25) is 12.0 Å². The number of pyridine rings is 1. The highest BCUT2D eigenvalue weighted by Crippen LogP contribution is 2.35. The van der Waals surface area contributed by atoms with Crippen LogP contribution in [0.2, 0.25) is 10.0 Å². The molecule has 0 fully saturated rings. The van der Waals surface area contributed by atoms with Crippen LogP contribution in [0.15, 0.2) is 48.7 Å². The zero-order valence-corrected chi connectivity index (χ0v) is 15.5. The molecule has 0 spiro atoms. The summed E-state index contributed by atoms with van der Waals surface area (Å²) in [6.45, 7) is 0. The molecule has 1 aromatic heterocycles. The average molecular weight is 392 g/mol. The van der Waals surface area contributed by atoms with Crippen LogP contribution >= 0.6 is 23.2 Å². The molecule has 3 aromatic rings. The summed E-state index contributed by atoms with van der Waals surface area (Å²) in [6.07, 6.45) is 0.594. The molecule has 0 radical (unpaired) electrons. The van der Waals surface area contributed by atoms with Crippen LogP contribution in [0.5, 0.6) is 11.6 Å². The minimum atomic E-state index is -1.06. The molecule has 0 aliphatic carbocycles. The van der Waals surface area contributed by atoms with Gasteiger partial charge in [0, 0.05) is 17.1 Å². The van der Waals surface area contributed by atoms with E-state index in [0.717, 1.165) is 10.8 Å². The largest absolute Gasteiger partial charge is 0.481 e. The standard InChI is InChI=1S/C19H15Cl2NO4/c1-24-18-14-10-12(7-6-11(14)8-9-22-18)26-17(19(23)25-2)13-4-3-5-15(20)16(13)21/h3-10,17H,1-2H3. The molecule has 26 heavy (non-hydrogen) atoms. The smallest absolute Gasteiger partial charge is 0.351 e. The molecule has 0 aliphatic heterocycles. The van der Waals surface area contributed by atoms with Crippen molar-refractivity contribution in [3.8, 4) is 11.6 Å². The molecular weight excluding hydrogens is 377 g/mol. The van der Waals surface area contributed by atoms with Gasteiger partial charge in [0.25, 0.3) is 0 Å². The number of carbonyl (C=O) groups is 1. The lowest BCUT2D eigenvalue weighted by atomic mass is 10.1. The second-order valence-corrected chi connectivity index (χ2v) is 6.15. The summed E-state index contributed by atoms with van der Waals surface area (Å²) >= 11 is 12.3. The number of hydrogen-bond acceptors (Lipinski definition) is 5. The van der Waals surface area contributed by atoms with E-state index in [9.17, 15) is 4.79 Å². The highest BCUT2D eigenvalue weighted by molar-refractivity contribution is 6.42. The zero-order chi connectivity index (χ0) is 18.7. The molecule has 2 aromatic carbocycles. The third kappa shape index (κ3) is 3.54. The maximum absolute atomic E-state index is 12.3. The van der Waals surface area contributed by atoms with Crippen molar-refractivity contribution in [1.82, 2.24) is 4.98 Å². The molecular formula is C19H15Cl2NO4. The molecule has 0 aliphatic rings. The van der Waals surface area contributed by atoms with Gasteiger partial charge in [-0.25, -0.2) is 9.78 Å². The highest BCUT2D eigenvalue weighted by atomic mass is 35.5. The summed E-state index contributed by atoms with van der Waals surface area (Å²) < 4.78 is 16.0. The average Bonchev–Trinajstić information content (AvgIpc) is 2.67. The number of esters is 1. The van der Waals surface area contributed by atoms with Crippen LogP contribution in [0.3, 0.4) is 0 Å². The minimum absolute atomic E-state index is 0.240. The van der Waals surface area contributed by atoms with Gasteiger partial charge in [0.1, 0.15) is 5.75 Å². The predicted molar refractivity (Wildman–Crippen MR) is 100 cm³/mol.